The van der Waals surface area contributed by atoms with E-state index >= 15 is 0 Å². The zero-order valence-electron chi connectivity index (χ0n) is 11.0. The van der Waals surface area contributed by atoms with Crippen LogP contribution in [0.2, 0.25) is 0 Å². The Labute approximate surface area is 113 Å². The molecule has 0 amide bonds. The number of anilines is 1. The van der Waals surface area contributed by atoms with Gasteiger partial charge in [0.2, 0.25) is 10.0 Å². The number of aliphatic hydroxyl groups is 1. The molecule has 106 valence electrons. The third kappa shape index (κ3) is 3.26. The Kier molecular flexibility index (Phi) is 4.13. The minimum atomic E-state index is -3.62. The molecular formula is C13H20N2O3S. The minimum absolute atomic E-state index is 0.147. The second-order valence-electron chi connectivity index (χ2n) is 5.10. The summed E-state index contributed by atoms with van der Waals surface area (Å²) in [7, 11) is -3.62. The van der Waals surface area contributed by atoms with Crippen molar-refractivity contribution >= 4 is 15.7 Å². The summed E-state index contributed by atoms with van der Waals surface area (Å²) in [6.07, 6.45) is 2.58. The van der Waals surface area contributed by atoms with E-state index in [1.54, 1.807) is 6.07 Å². The van der Waals surface area contributed by atoms with Crippen molar-refractivity contribution < 1.29 is 13.5 Å². The fourth-order valence-electron chi connectivity index (χ4n) is 2.30. The van der Waals surface area contributed by atoms with E-state index in [0.717, 1.165) is 18.4 Å². The van der Waals surface area contributed by atoms with Crippen LogP contribution in [0.25, 0.3) is 0 Å². The van der Waals surface area contributed by atoms with Gasteiger partial charge < -0.3 is 10.8 Å². The van der Waals surface area contributed by atoms with Crippen LogP contribution in [-0.2, 0) is 10.0 Å². The zero-order valence-corrected chi connectivity index (χ0v) is 11.8. The largest absolute Gasteiger partial charge is 0.398 e. The quantitative estimate of drug-likeness (QED) is 0.726. The van der Waals surface area contributed by atoms with Gasteiger partial charge in [0, 0.05) is 11.7 Å². The molecule has 5 nitrogen and oxygen atoms in total. The van der Waals surface area contributed by atoms with Gasteiger partial charge in [0.25, 0.3) is 0 Å². The van der Waals surface area contributed by atoms with E-state index in [2.05, 4.69) is 4.72 Å². The van der Waals surface area contributed by atoms with Crippen molar-refractivity contribution in [2.24, 2.45) is 0 Å². The lowest BCUT2D eigenvalue weighted by atomic mass is 9.93. The van der Waals surface area contributed by atoms with Gasteiger partial charge in [0.1, 0.15) is 0 Å². The first-order valence-electron chi connectivity index (χ1n) is 6.46. The number of aryl methyl sites for hydroxylation is 1. The van der Waals surface area contributed by atoms with Crippen molar-refractivity contribution in [2.45, 2.75) is 49.6 Å². The van der Waals surface area contributed by atoms with Gasteiger partial charge in [-0.3, -0.25) is 0 Å². The molecule has 1 aromatic carbocycles. The van der Waals surface area contributed by atoms with Crippen LogP contribution < -0.4 is 10.5 Å². The summed E-state index contributed by atoms with van der Waals surface area (Å²) in [6, 6.07) is 4.26. The maximum absolute atomic E-state index is 12.2. The van der Waals surface area contributed by atoms with E-state index in [-0.39, 0.29) is 4.90 Å². The van der Waals surface area contributed by atoms with E-state index in [9.17, 15) is 13.5 Å². The second-order valence-corrected chi connectivity index (χ2v) is 6.81. The molecule has 0 spiro atoms. The number of aliphatic hydroxyl groups excluding tert-OH is 1. The lowest BCUT2D eigenvalue weighted by Gasteiger charge is -2.28. The third-order valence-electron chi connectivity index (χ3n) is 3.60. The Hall–Kier alpha value is -1.11. The fourth-order valence-corrected chi connectivity index (χ4v) is 3.64. The molecule has 0 bridgehead atoms. The van der Waals surface area contributed by atoms with Gasteiger partial charge in [0.05, 0.1) is 11.0 Å². The highest BCUT2D eigenvalue weighted by Crippen LogP contribution is 2.22. The summed E-state index contributed by atoms with van der Waals surface area (Å²) in [5.74, 6) is 0. The van der Waals surface area contributed by atoms with Crippen LogP contribution in [0.1, 0.15) is 31.2 Å². The van der Waals surface area contributed by atoms with Crippen LogP contribution in [0.4, 0.5) is 5.69 Å². The summed E-state index contributed by atoms with van der Waals surface area (Å²) in [5.41, 5.74) is 7.03. The van der Waals surface area contributed by atoms with Gasteiger partial charge in [-0.15, -0.1) is 0 Å². The number of sulfonamides is 1. The average molecular weight is 284 g/mol. The van der Waals surface area contributed by atoms with E-state index in [0.29, 0.717) is 18.5 Å². The van der Waals surface area contributed by atoms with Gasteiger partial charge in [0.15, 0.2) is 0 Å². The number of hydrogen-bond donors (Lipinski definition) is 3. The zero-order chi connectivity index (χ0) is 14.0. The lowest BCUT2D eigenvalue weighted by molar-refractivity contribution is 0.101. The molecule has 1 aliphatic rings. The summed E-state index contributed by atoms with van der Waals surface area (Å²) in [4.78, 5) is 0.147. The third-order valence-corrected chi connectivity index (χ3v) is 5.08. The van der Waals surface area contributed by atoms with Crippen molar-refractivity contribution in [1.82, 2.24) is 4.72 Å². The Bertz CT molecular complexity index is 557. The topological polar surface area (TPSA) is 92.4 Å². The van der Waals surface area contributed by atoms with Gasteiger partial charge >= 0.3 is 0 Å². The normalized spacial score (nSPS) is 24.3. The molecule has 0 saturated heterocycles. The van der Waals surface area contributed by atoms with Crippen LogP contribution in [0.15, 0.2) is 23.1 Å². The van der Waals surface area contributed by atoms with Crippen molar-refractivity contribution in [1.29, 1.82) is 0 Å². The summed E-state index contributed by atoms with van der Waals surface area (Å²) < 4.78 is 27.0. The average Bonchev–Trinajstić information content (AvgIpc) is 2.35. The fraction of sp³-hybridized carbons (Fsp3) is 0.538. The molecule has 0 radical (unpaired) electrons. The molecule has 1 aliphatic carbocycles. The highest BCUT2D eigenvalue weighted by molar-refractivity contribution is 7.89. The highest BCUT2D eigenvalue weighted by atomic mass is 32.2. The first kappa shape index (κ1) is 14.3. The SMILES string of the molecule is Cc1ccc(S(=O)(=O)N[C@@H]2CCCC[C@H]2O)cc1N. The Morgan fingerprint density at radius 2 is 2.00 bits per heavy atom. The van der Waals surface area contributed by atoms with Gasteiger partial charge in [-0.2, -0.15) is 0 Å². The predicted octanol–water partition coefficient (Wildman–Crippen LogP) is 1.16. The van der Waals surface area contributed by atoms with E-state index in [1.807, 2.05) is 6.92 Å². The number of nitrogens with two attached hydrogens (primary N) is 1. The van der Waals surface area contributed by atoms with Crippen molar-refractivity contribution in [3.05, 3.63) is 23.8 Å². The van der Waals surface area contributed by atoms with Crippen LogP contribution in [0, 0.1) is 6.92 Å². The minimum Gasteiger partial charge on any atom is -0.398 e. The van der Waals surface area contributed by atoms with Crippen LogP contribution in [0.5, 0.6) is 0 Å². The molecule has 0 aliphatic heterocycles. The van der Waals surface area contributed by atoms with Gasteiger partial charge in [-0.05, 0) is 37.5 Å². The number of hydrogen-bond acceptors (Lipinski definition) is 4. The van der Waals surface area contributed by atoms with Crippen molar-refractivity contribution in [3.8, 4) is 0 Å². The Morgan fingerprint density at radius 1 is 1.32 bits per heavy atom. The summed E-state index contributed by atoms with van der Waals surface area (Å²) in [6.45, 7) is 1.82. The second kappa shape index (κ2) is 5.48. The molecule has 2 rings (SSSR count). The summed E-state index contributed by atoms with van der Waals surface area (Å²) in [5, 5.41) is 9.83. The molecular weight excluding hydrogens is 264 g/mol. The molecule has 1 fully saturated rings. The number of rotatable bonds is 3. The van der Waals surface area contributed by atoms with E-state index in [1.165, 1.54) is 12.1 Å². The molecule has 0 heterocycles. The monoisotopic (exact) mass is 284 g/mol. The van der Waals surface area contributed by atoms with E-state index < -0.39 is 22.2 Å². The molecule has 1 saturated carbocycles. The molecule has 19 heavy (non-hydrogen) atoms. The van der Waals surface area contributed by atoms with Crippen molar-refractivity contribution in [3.63, 3.8) is 0 Å². The smallest absolute Gasteiger partial charge is 0.240 e. The first-order chi connectivity index (χ1) is 8.90. The predicted molar refractivity (Wildman–Crippen MR) is 74.2 cm³/mol. The van der Waals surface area contributed by atoms with Crippen molar-refractivity contribution in [2.75, 3.05) is 5.73 Å². The Morgan fingerprint density at radius 3 is 2.63 bits per heavy atom. The molecule has 6 heteroatoms. The molecule has 1 aromatic rings. The highest BCUT2D eigenvalue weighted by Gasteiger charge is 2.28. The van der Waals surface area contributed by atoms with Crippen LogP contribution >= 0.6 is 0 Å². The van der Waals surface area contributed by atoms with E-state index in [4.69, 9.17) is 5.73 Å². The van der Waals surface area contributed by atoms with Gasteiger partial charge in [-0.25, -0.2) is 13.1 Å². The first-order valence-corrected chi connectivity index (χ1v) is 7.95. The number of benzene rings is 1. The Balaban J connectivity index is 2.19. The van der Waals surface area contributed by atoms with Crippen LogP contribution in [0.3, 0.4) is 0 Å². The maximum Gasteiger partial charge on any atom is 0.240 e. The molecule has 0 unspecified atom stereocenters. The lowest BCUT2D eigenvalue weighted by Crippen LogP contribution is -2.44. The van der Waals surface area contributed by atoms with Crippen LogP contribution in [-0.4, -0.2) is 25.7 Å². The molecule has 2 atom stereocenters. The van der Waals surface area contributed by atoms with Gasteiger partial charge in [-0.1, -0.05) is 18.9 Å². The number of nitrogens with one attached hydrogen (secondary N) is 1. The number of nitrogen functional groups attached to an aromatic ring is 1. The molecule has 0 aromatic heterocycles. The maximum atomic E-state index is 12.2. The summed E-state index contributed by atoms with van der Waals surface area (Å²) >= 11 is 0. The molecule has 4 N–H and O–H groups in total. The standard InChI is InChI=1S/C13H20N2O3S/c1-9-6-7-10(8-11(9)14)19(17,18)15-12-4-2-3-5-13(12)16/h6-8,12-13,15-16H,2-5,14H2,1H3/t12-,13-/m1/s1.